The van der Waals surface area contributed by atoms with E-state index in [-0.39, 0.29) is 11.9 Å². The summed E-state index contributed by atoms with van der Waals surface area (Å²) in [4.78, 5) is 4.27. The van der Waals surface area contributed by atoms with E-state index < -0.39 is 0 Å². The minimum Gasteiger partial charge on any atom is -0.305 e. The first-order chi connectivity index (χ1) is 9.13. The van der Waals surface area contributed by atoms with Crippen molar-refractivity contribution in [3.8, 4) is 0 Å². The standard InChI is InChI=1S/C14H13Cl2FN2/c1-2-18-13(14-12(16)4-3-7-19-14)10-8-9(17)5-6-11(10)15/h3-8,13,18H,2H2,1H3. The molecular weight excluding hydrogens is 286 g/mol. The number of hydrogen-bond donors (Lipinski definition) is 1. The third-order valence-electron chi connectivity index (χ3n) is 2.74. The molecule has 5 heteroatoms. The molecule has 0 radical (unpaired) electrons. The summed E-state index contributed by atoms with van der Waals surface area (Å²) >= 11 is 12.3. The van der Waals surface area contributed by atoms with E-state index in [1.54, 1.807) is 18.3 Å². The number of pyridine rings is 1. The summed E-state index contributed by atoms with van der Waals surface area (Å²) in [6.07, 6.45) is 1.65. The fraction of sp³-hybridized carbons (Fsp3) is 0.214. The molecule has 1 aromatic carbocycles. The maximum Gasteiger partial charge on any atom is 0.123 e. The predicted molar refractivity (Wildman–Crippen MR) is 76.2 cm³/mol. The largest absolute Gasteiger partial charge is 0.305 e. The first kappa shape index (κ1) is 14.3. The van der Waals surface area contributed by atoms with E-state index in [9.17, 15) is 4.39 Å². The first-order valence-corrected chi connectivity index (χ1v) is 6.67. The highest BCUT2D eigenvalue weighted by Gasteiger charge is 2.20. The van der Waals surface area contributed by atoms with Gasteiger partial charge in [0.25, 0.3) is 0 Å². The third-order valence-corrected chi connectivity index (χ3v) is 3.40. The highest BCUT2D eigenvalue weighted by molar-refractivity contribution is 6.32. The van der Waals surface area contributed by atoms with E-state index in [1.165, 1.54) is 18.2 Å². The van der Waals surface area contributed by atoms with Crippen LogP contribution in [0.25, 0.3) is 0 Å². The summed E-state index contributed by atoms with van der Waals surface area (Å²) in [5.41, 5.74) is 1.27. The van der Waals surface area contributed by atoms with Crippen LogP contribution in [-0.2, 0) is 0 Å². The highest BCUT2D eigenvalue weighted by Crippen LogP contribution is 2.31. The zero-order chi connectivity index (χ0) is 13.8. The van der Waals surface area contributed by atoms with Crippen LogP contribution in [0.5, 0.6) is 0 Å². The van der Waals surface area contributed by atoms with E-state index >= 15 is 0 Å². The van der Waals surface area contributed by atoms with Gasteiger partial charge in [-0.2, -0.15) is 0 Å². The van der Waals surface area contributed by atoms with Gasteiger partial charge in [-0.1, -0.05) is 30.1 Å². The molecule has 0 aliphatic heterocycles. The van der Waals surface area contributed by atoms with Gasteiger partial charge >= 0.3 is 0 Å². The van der Waals surface area contributed by atoms with Crippen LogP contribution < -0.4 is 5.32 Å². The molecule has 0 bridgehead atoms. The van der Waals surface area contributed by atoms with Crippen LogP contribution in [0.15, 0.2) is 36.5 Å². The minimum absolute atomic E-state index is 0.332. The Labute approximate surface area is 121 Å². The van der Waals surface area contributed by atoms with Gasteiger partial charge in [0.2, 0.25) is 0 Å². The van der Waals surface area contributed by atoms with Gasteiger partial charge in [0.15, 0.2) is 0 Å². The molecule has 1 N–H and O–H groups in total. The van der Waals surface area contributed by atoms with Crippen molar-refractivity contribution in [1.29, 1.82) is 0 Å². The van der Waals surface area contributed by atoms with Crippen molar-refractivity contribution >= 4 is 23.2 Å². The normalized spacial score (nSPS) is 12.4. The molecule has 0 spiro atoms. The molecule has 0 aliphatic rings. The van der Waals surface area contributed by atoms with Crippen molar-refractivity contribution in [2.45, 2.75) is 13.0 Å². The Morgan fingerprint density at radius 2 is 2.05 bits per heavy atom. The molecule has 0 saturated carbocycles. The lowest BCUT2D eigenvalue weighted by atomic mass is 10.0. The van der Waals surface area contributed by atoms with Gasteiger partial charge in [0, 0.05) is 11.2 Å². The van der Waals surface area contributed by atoms with Gasteiger partial charge < -0.3 is 5.32 Å². The summed E-state index contributed by atoms with van der Waals surface area (Å²) in [6, 6.07) is 7.44. The molecule has 1 atom stereocenters. The minimum atomic E-state index is -0.339. The van der Waals surface area contributed by atoms with E-state index in [2.05, 4.69) is 10.3 Å². The van der Waals surface area contributed by atoms with Gasteiger partial charge in [0.1, 0.15) is 5.82 Å². The third kappa shape index (κ3) is 3.24. The van der Waals surface area contributed by atoms with Crippen LogP contribution in [0.3, 0.4) is 0 Å². The molecule has 2 rings (SSSR count). The van der Waals surface area contributed by atoms with Crippen LogP contribution >= 0.6 is 23.2 Å². The van der Waals surface area contributed by atoms with Crippen molar-refractivity contribution in [2.75, 3.05) is 6.54 Å². The second-order valence-corrected chi connectivity index (χ2v) is 4.84. The second kappa shape index (κ2) is 6.33. The number of hydrogen-bond acceptors (Lipinski definition) is 2. The fourth-order valence-electron chi connectivity index (χ4n) is 1.90. The van der Waals surface area contributed by atoms with Crippen molar-refractivity contribution in [1.82, 2.24) is 10.3 Å². The smallest absolute Gasteiger partial charge is 0.123 e. The Hall–Kier alpha value is -1.16. The Balaban J connectivity index is 2.51. The topological polar surface area (TPSA) is 24.9 Å². The van der Waals surface area contributed by atoms with E-state index in [4.69, 9.17) is 23.2 Å². The summed E-state index contributed by atoms with van der Waals surface area (Å²) in [6.45, 7) is 2.64. The average molecular weight is 299 g/mol. The molecule has 19 heavy (non-hydrogen) atoms. The molecular formula is C14H13Cl2FN2. The van der Waals surface area contributed by atoms with E-state index in [1.807, 2.05) is 6.92 Å². The zero-order valence-corrected chi connectivity index (χ0v) is 11.8. The lowest BCUT2D eigenvalue weighted by molar-refractivity contribution is 0.595. The molecule has 1 heterocycles. The van der Waals surface area contributed by atoms with Gasteiger partial charge in [-0.05, 0) is 42.4 Å². The summed E-state index contributed by atoms with van der Waals surface area (Å²) in [5.74, 6) is -0.339. The number of nitrogens with zero attached hydrogens (tertiary/aromatic N) is 1. The molecule has 2 aromatic rings. The first-order valence-electron chi connectivity index (χ1n) is 5.92. The number of aromatic nitrogens is 1. The molecule has 0 saturated heterocycles. The summed E-state index contributed by atoms with van der Waals surface area (Å²) in [7, 11) is 0. The molecule has 2 nitrogen and oxygen atoms in total. The van der Waals surface area contributed by atoms with Gasteiger partial charge in [0.05, 0.1) is 16.8 Å². The number of halogens is 3. The van der Waals surface area contributed by atoms with Crippen LogP contribution in [0.2, 0.25) is 10.0 Å². The van der Waals surface area contributed by atoms with E-state index in [0.29, 0.717) is 27.8 Å². The number of nitrogens with one attached hydrogen (secondary N) is 1. The predicted octanol–water partition coefficient (Wildman–Crippen LogP) is 4.23. The quantitative estimate of drug-likeness (QED) is 0.914. The lowest BCUT2D eigenvalue weighted by Gasteiger charge is -2.20. The lowest BCUT2D eigenvalue weighted by Crippen LogP contribution is -2.23. The number of rotatable bonds is 4. The maximum atomic E-state index is 13.4. The fourth-order valence-corrected chi connectivity index (χ4v) is 2.36. The summed E-state index contributed by atoms with van der Waals surface area (Å²) in [5, 5.41) is 4.23. The van der Waals surface area contributed by atoms with Crippen LogP contribution in [0.1, 0.15) is 24.2 Å². The molecule has 0 amide bonds. The summed E-state index contributed by atoms with van der Waals surface area (Å²) < 4.78 is 13.4. The van der Waals surface area contributed by atoms with E-state index in [0.717, 1.165) is 0 Å². The molecule has 1 aromatic heterocycles. The van der Waals surface area contributed by atoms with Crippen molar-refractivity contribution in [3.63, 3.8) is 0 Å². The Morgan fingerprint density at radius 3 is 2.74 bits per heavy atom. The van der Waals surface area contributed by atoms with Crippen LogP contribution in [0.4, 0.5) is 4.39 Å². The van der Waals surface area contributed by atoms with Crippen molar-refractivity contribution < 1.29 is 4.39 Å². The Morgan fingerprint density at radius 1 is 1.26 bits per heavy atom. The van der Waals surface area contributed by atoms with Gasteiger partial charge in [-0.25, -0.2) is 4.39 Å². The van der Waals surface area contributed by atoms with Crippen LogP contribution in [-0.4, -0.2) is 11.5 Å². The Bertz CT molecular complexity index is 575. The van der Waals surface area contributed by atoms with Gasteiger partial charge in [-0.3, -0.25) is 4.98 Å². The maximum absolute atomic E-state index is 13.4. The SMILES string of the molecule is CCNC(c1cc(F)ccc1Cl)c1ncccc1Cl. The Kier molecular flexibility index (Phi) is 4.75. The van der Waals surface area contributed by atoms with Crippen molar-refractivity contribution in [2.24, 2.45) is 0 Å². The van der Waals surface area contributed by atoms with Crippen LogP contribution in [0, 0.1) is 5.82 Å². The second-order valence-electron chi connectivity index (χ2n) is 4.03. The molecule has 1 unspecified atom stereocenters. The molecule has 0 aliphatic carbocycles. The highest BCUT2D eigenvalue weighted by atomic mass is 35.5. The van der Waals surface area contributed by atoms with Crippen molar-refractivity contribution in [3.05, 3.63) is 63.6 Å². The van der Waals surface area contributed by atoms with Gasteiger partial charge in [-0.15, -0.1) is 0 Å². The zero-order valence-electron chi connectivity index (χ0n) is 10.3. The molecule has 100 valence electrons. The molecule has 0 fully saturated rings. The number of benzene rings is 1. The average Bonchev–Trinajstić information content (AvgIpc) is 2.40. The monoisotopic (exact) mass is 298 g/mol.